The molecule has 0 spiro atoms. The Morgan fingerprint density at radius 2 is 1.03 bits per heavy atom. The number of hydrogen-bond donors (Lipinski definition) is 2. The molecule has 5 nitrogen and oxygen atoms in total. The SMILES string of the molecule is Cc1c(C(C)(C)C)ccc(O)c1Sc1c(O)ccc(C(C)(C)C)c1C.O=C1C=CC(=O)O1. The molecule has 32 heavy (non-hydrogen) atoms. The van der Waals surface area contributed by atoms with Gasteiger partial charge in [-0.3, -0.25) is 0 Å². The zero-order chi connectivity index (χ0) is 24.4. The van der Waals surface area contributed by atoms with Gasteiger partial charge in [0.1, 0.15) is 11.5 Å². The fraction of sp³-hybridized carbons (Fsp3) is 0.385. The number of phenols is 2. The molecule has 0 saturated heterocycles. The van der Waals surface area contributed by atoms with E-state index in [9.17, 15) is 19.8 Å². The maximum absolute atomic E-state index is 10.5. The zero-order valence-corrected chi connectivity index (χ0v) is 20.8. The second-order valence-corrected chi connectivity index (χ2v) is 10.9. The van der Waals surface area contributed by atoms with Crippen molar-refractivity contribution in [1.29, 1.82) is 0 Å². The number of phenolic OH excluding ortho intramolecular Hbond substituents is 2. The third-order valence-electron chi connectivity index (χ3n) is 5.15. The molecule has 0 amide bonds. The van der Waals surface area contributed by atoms with Gasteiger partial charge >= 0.3 is 11.9 Å². The Balaban J connectivity index is 0.000000439. The van der Waals surface area contributed by atoms with Crippen molar-refractivity contribution >= 4 is 23.7 Å². The number of carbonyl (C=O) groups excluding carboxylic acids is 2. The highest BCUT2D eigenvalue weighted by atomic mass is 32.2. The van der Waals surface area contributed by atoms with E-state index in [1.54, 1.807) is 12.1 Å². The van der Waals surface area contributed by atoms with Crippen LogP contribution in [0, 0.1) is 13.8 Å². The molecule has 2 aromatic carbocycles. The normalized spacial score (nSPS) is 13.6. The standard InChI is InChI=1S/C22H30O2S.C4H2O3/c1-13-15(21(3,4)5)9-11-17(23)19(13)25-20-14(2)16(22(6,7)8)10-12-18(20)24;5-3-1-2-4(6)7-3/h9-12,23-24H,1-8H3;1-2H. The highest BCUT2D eigenvalue weighted by molar-refractivity contribution is 7.99. The van der Waals surface area contributed by atoms with Crippen LogP contribution in [-0.2, 0) is 25.2 Å². The highest BCUT2D eigenvalue weighted by Gasteiger charge is 2.24. The number of ether oxygens (including phenoxy) is 1. The van der Waals surface area contributed by atoms with E-state index in [-0.39, 0.29) is 22.3 Å². The predicted octanol–water partition coefficient (Wildman–Crippen LogP) is 6.09. The molecular weight excluding hydrogens is 424 g/mol. The number of benzene rings is 2. The molecule has 1 aliphatic heterocycles. The topological polar surface area (TPSA) is 83.8 Å². The summed E-state index contributed by atoms with van der Waals surface area (Å²) in [5, 5.41) is 20.9. The number of rotatable bonds is 2. The van der Waals surface area contributed by atoms with E-state index in [0.717, 1.165) is 33.1 Å². The van der Waals surface area contributed by atoms with Crippen molar-refractivity contribution in [2.45, 2.75) is 76.0 Å². The van der Waals surface area contributed by atoms with Crippen LogP contribution >= 0.6 is 11.8 Å². The largest absolute Gasteiger partial charge is 0.507 e. The van der Waals surface area contributed by atoms with Crippen molar-refractivity contribution in [3.05, 3.63) is 58.7 Å². The third kappa shape index (κ3) is 5.94. The lowest BCUT2D eigenvalue weighted by Gasteiger charge is -2.26. The van der Waals surface area contributed by atoms with Crippen molar-refractivity contribution in [3.63, 3.8) is 0 Å². The molecule has 0 radical (unpaired) electrons. The number of carbonyl (C=O) groups is 2. The van der Waals surface area contributed by atoms with E-state index in [4.69, 9.17) is 0 Å². The minimum Gasteiger partial charge on any atom is -0.507 e. The van der Waals surface area contributed by atoms with Crippen LogP contribution in [0.5, 0.6) is 11.5 Å². The van der Waals surface area contributed by atoms with E-state index in [1.165, 1.54) is 22.9 Å². The summed E-state index contributed by atoms with van der Waals surface area (Å²) in [5.41, 5.74) is 4.54. The Kier molecular flexibility index (Phi) is 7.51. The predicted molar refractivity (Wildman–Crippen MR) is 127 cm³/mol. The first-order valence-electron chi connectivity index (χ1n) is 10.4. The summed E-state index contributed by atoms with van der Waals surface area (Å²) in [4.78, 5) is 21.5. The Hall–Kier alpha value is -2.73. The van der Waals surface area contributed by atoms with Gasteiger partial charge in [0.15, 0.2) is 0 Å². The van der Waals surface area contributed by atoms with E-state index in [1.807, 2.05) is 26.0 Å². The van der Waals surface area contributed by atoms with Gasteiger partial charge in [-0.1, -0.05) is 65.4 Å². The van der Waals surface area contributed by atoms with Crippen LogP contribution in [-0.4, -0.2) is 22.2 Å². The Bertz CT molecular complexity index is 986. The number of cyclic esters (lactones) is 2. The lowest BCUT2D eigenvalue weighted by atomic mass is 9.84. The quantitative estimate of drug-likeness (QED) is 0.420. The monoisotopic (exact) mass is 456 g/mol. The summed E-state index contributed by atoms with van der Waals surface area (Å²) in [6, 6.07) is 7.51. The molecule has 2 N–H and O–H groups in total. The summed E-state index contributed by atoms with van der Waals surface area (Å²) in [6.45, 7) is 17.1. The van der Waals surface area contributed by atoms with Gasteiger partial charge in [-0.15, -0.1) is 0 Å². The Morgan fingerprint density at radius 3 is 1.28 bits per heavy atom. The average Bonchev–Trinajstić information content (AvgIpc) is 3.02. The van der Waals surface area contributed by atoms with Gasteiger partial charge < -0.3 is 14.9 Å². The van der Waals surface area contributed by atoms with Crippen LogP contribution in [0.1, 0.15) is 63.8 Å². The van der Waals surface area contributed by atoms with Crippen LogP contribution in [0.3, 0.4) is 0 Å². The summed E-state index contributed by atoms with van der Waals surface area (Å²) >= 11 is 1.45. The van der Waals surface area contributed by atoms with Crippen molar-refractivity contribution in [2.75, 3.05) is 0 Å². The second kappa shape index (κ2) is 9.41. The van der Waals surface area contributed by atoms with Gasteiger partial charge in [-0.2, -0.15) is 0 Å². The van der Waals surface area contributed by atoms with E-state index in [0.29, 0.717) is 0 Å². The van der Waals surface area contributed by atoms with Gasteiger partial charge in [0.05, 0.1) is 9.79 Å². The van der Waals surface area contributed by atoms with Gasteiger partial charge in [-0.05, 0) is 59.1 Å². The van der Waals surface area contributed by atoms with E-state index >= 15 is 0 Å². The van der Waals surface area contributed by atoms with Crippen molar-refractivity contribution in [2.24, 2.45) is 0 Å². The molecular formula is C26H32O5S. The molecule has 1 heterocycles. The number of aromatic hydroxyl groups is 2. The first kappa shape index (κ1) is 25.5. The maximum Gasteiger partial charge on any atom is 0.338 e. The summed E-state index contributed by atoms with van der Waals surface area (Å²) < 4.78 is 3.97. The van der Waals surface area contributed by atoms with Crippen LogP contribution in [0.25, 0.3) is 0 Å². The van der Waals surface area contributed by atoms with Gasteiger partial charge in [0, 0.05) is 12.2 Å². The first-order valence-corrected chi connectivity index (χ1v) is 11.2. The van der Waals surface area contributed by atoms with Crippen molar-refractivity contribution in [3.8, 4) is 11.5 Å². The van der Waals surface area contributed by atoms with Crippen LogP contribution in [0.2, 0.25) is 0 Å². The van der Waals surface area contributed by atoms with Crippen molar-refractivity contribution < 1.29 is 24.5 Å². The molecule has 0 unspecified atom stereocenters. The van der Waals surface area contributed by atoms with Gasteiger partial charge in [0.25, 0.3) is 0 Å². The number of esters is 2. The van der Waals surface area contributed by atoms with Crippen LogP contribution in [0.15, 0.2) is 46.2 Å². The minimum absolute atomic E-state index is 0.00254. The lowest BCUT2D eigenvalue weighted by Crippen LogP contribution is -2.14. The second-order valence-electron chi connectivity index (χ2n) is 9.85. The van der Waals surface area contributed by atoms with Crippen LogP contribution < -0.4 is 0 Å². The molecule has 6 heteroatoms. The molecule has 3 rings (SSSR count). The fourth-order valence-corrected chi connectivity index (χ4v) is 4.72. The molecule has 0 fully saturated rings. The van der Waals surface area contributed by atoms with Crippen LogP contribution in [0.4, 0.5) is 0 Å². The first-order chi connectivity index (χ1) is 14.6. The highest BCUT2D eigenvalue weighted by Crippen LogP contribution is 2.46. The van der Waals surface area contributed by atoms with E-state index in [2.05, 4.69) is 46.3 Å². The molecule has 0 aromatic heterocycles. The van der Waals surface area contributed by atoms with E-state index < -0.39 is 11.9 Å². The Labute approximate surface area is 194 Å². The molecule has 2 aromatic rings. The maximum atomic E-state index is 10.5. The summed E-state index contributed by atoms with van der Waals surface area (Å²) in [5.74, 6) is -0.638. The number of hydrogen-bond acceptors (Lipinski definition) is 6. The smallest absolute Gasteiger partial charge is 0.338 e. The molecule has 172 valence electrons. The zero-order valence-electron chi connectivity index (χ0n) is 20.0. The average molecular weight is 457 g/mol. The van der Waals surface area contributed by atoms with Gasteiger partial charge in [0.2, 0.25) is 0 Å². The summed E-state index contributed by atoms with van der Waals surface area (Å²) in [6.07, 6.45) is 2.17. The molecule has 1 aliphatic rings. The molecule has 0 aliphatic carbocycles. The lowest BCUT2D eigenvalue weighted by molar-refractivity contribution is -0.150. The Morgan fingerprint density at radius 1 is 0.688 bits per heavy atom. The summed E-state index contributed by atoms with van der Waals surface area (Å²) in [7, 11) is 0. The van der Waals surface area contributed by atoms with Crippen molar-refractivity contribution in [1.82, 2.24) is 0 Å². The molecule has 0 saturated carbocycles. The third-order valence-corrected chi connectivity index (χ3v) is 6.59. The minimum atomic E-state index is -0.579. The molecule has 0 bridgehead atoms. The fourth-order valence-electron chi connectivity index (χ4n) is 3.64. The molecule has 0 atom stereocenters. The van der Waals surface area contributed by atoms with Gasteiger partial charge in [-0.25, -0.2) is 9.59 Å².